The van der Waals surface area contributed by atoms with Gasteiger partial charge in [0.25, 0.3) is 0 Å². The first kappa shape index (κ1) is 33.6. The van der Waals surface area contributed by atoms with Gasteiger partial charge >= 0.3 is 0 Å². The van der Waals surface area contributed by atoms with E-state index in [2.05, 4.69) is 101 Å². The Morgan fingerprint density at radius 1 is 0.649 bits per heavy atom. The van der Waals surface area contributed by atoms with Crippen molar-refractivity contribution >= 4 is 11.0 Å². The van der Waals surface area contributed by atoms with Gasteiger partial charge in [-0.25, -0.2) is 4.98 Å². The van der Waals surface area contributed by atoms with Crippen molar-refractivity contribution < 1.29 is 33.0 Å². The predicted molar refractivity (Wildman–Crippen MR) is 233 cm³/mol. The summed E-state index contributed by atoms with van der Waals surface area (Å²) in [4.78, 5) is 10.2. The molecule has 57 heavy (non-hydrogen) atoms. The summed E-state index contributed by atoms with van der Waals surface area (Å²) in [5.41, 5.74) is 12.3. The van der Waals surface area contributed by atoms with Gasteiger partial charge in [0.15, 0.2) is 0 Å². The summed E-state index contributed by atoms with van der Waals surface area (Å²) in [7, 11) is 0. The third kappa shape index (κ3) is 7.76. The minimum absolute atomic E-state index is 0. The van der Waals surface area contributed by atoms with Crippen molar-refractivity contribution in [1.29, 1.82) is 0 Å². The molecule has 0 fully saturated rings. The minimum Gasteiger partial charge on any atom is -0.507 e. The Labute approximate surface area is 358 Å². The molecule has 1 N–H and O–H groups in total. The summed E-state index contributed by atoms with van der Waals surface area (Å²) in [6, 6.07) is 36.6. The fraction of sp³-hybridized carbons (Fsp3) is 0.192. The van der Waals surface area contributed by atoms with E-state index in [4.69, 9.17) is 16.8 Å². The van der Waals surface area contributed by atoms with E-state index in [1.807, 2.05) is 56.3 Å². The number of fused-ring (bicyclic) bond motifs is 1. The summed E-state index contributed by atoms with van der Waals surface area (Å²) in [6.07, 6.45) is 1.60. The van der Waals surface area contributed by atoms with Gasteiger partial charge in [0.05, 0.1) is 29.1 Å². The molecule has 0 saturated carbocycles. The van der Waals surface area contributed by atoms with Crippen LogP contribution in [0.2, 0.25) is 0 Å². The number of aromatic hydroxyl groups is 1. The number of hydrogen-bond donors (Lipinski definition) is 1. The average molecular weight is 931 g/mol. The minimum atomic E-state index is -0.436. The molecule has 4 nitrogen and oxygen atoms in total. The number of aromatic nitrogens is 3. The second kappa shape index (κ2) is 15.4. The first-order valence-electron chi connectivity index (χ1n) is 21.5. The number of pyridine rings is 1. The maximum Gasteiger partial charge on any atom is 0.148 e. The predicted octanol–water partition coefficient (Wildman–Crippen LogP) is 13.5. The van der Waals surface area contributed by atoms with E-state index in [9.17, 15) is 5.11 Å². The van der Waals surface area contributed by atoms with Crippen molar-refractivity contribution in [2.24, 2.45) is 0 Å². The number of phenols is 1. The van der Waals surface area contributed by atoms with Gasteiger partial charge in [-0.3, -0.25) is 9.55 Å². The molecule has 0 saturated heterocycles. The Morgan fingerprint density at radius 3 is 2.09 bits per heavy atom. The first-order chi connectivity index (χ1) is 28.8. The van der Waals surface area contributed by atoms with Crippen molar-refractivity contribution in [2.75, 3.05) is 0 Å². The van der Waals surface area contributed by atoms with Gasteiger partial charge in [0.2, 0.25) is 0 Å². The number of benzene rings is 6. The van der Waals surface area contributed by atoms with Crippen LogP contribution in [0.15, 0.2) is 140 Å². The summed E-state index contributed by atoms with van der Waals surface area (Å²) in [6.45, 7) is 17.0. The molecule has 0 unspecified atom stereocenters. The molecule has 0 aliphatic carbocycles. The van der Waals surface area contributed by atoms with E-state index in [-0.39, 0.29) is 67.4 Å². The summed E-state index contributed by atoms with van der Waals surface area (Å²) in [5, 5.41) is 11.7. The first-order valence-corrected chi connectivity index (χ1v) is 19.0. The number of para-hydroxylation sites is 1. The van der Waals surface area contributed by atoms with Crippen LogP contribution < -0.4 is 0 Å². The van der Waals surface area contributed by atoms with Crippen LogP contribution in [0.3, 0.4) is 0 Å². The van der Waals surface area contributed by atoms with Crippen molar-refractivity contribution in [3.8, 4) is 67.5 Å². The van der Waals surface area contributed by atoms with Crippen LogP contribution >= 0.6 is 0 Å². The van der Waals surface area contributed by atoms with Crippen molar-refractivity contribution in [2.45, 2.75) is 66.2 Å². The fourth-order valence-electron chi connectivity index (χ4n) is 7.33. The Kier molecular flexibility index (Phi) is 9.07. The van der Waals surface area contributed by atoms with Crippen molar-refractivity contribution in [3.63, 3.8) is 0 Å². The van der Waals surface area contributed by atoms with Crippen LogP contribution in [0.4, 0.5) is 0 Å². The van der Waals surface area contributed by atoms with Crippen LogP contribution in [0.1, 0.15) is 70.7 Å². The molecular formula is C52H48N3OPt-. The zero-order valence-corrected chi connectivity index (χ0v) is 35.8. The van der Waals surface area contributed by atoms with Crippen molar-refractivity contribution in [1.82, 2.24) is 14.5 Å². The molecule has 0 aliphatic rings. The number of aryl methyl sites for hydroxylation is 2. The molecule has 0 radical (unpaired) electrons. The molecule has 2 aromatic heterocycles. The molecule has 8 aromatic rings. The standard InChI is InChI=1S/C52H48N3O.Pt/c1-33-26-34(2)49(56)44(27-33)50-54-48-42(20-15-21-47(48)55(50)46-23-22-40(51(3,4)5)32-43(46)36-18-13-10-14-19-36)38-28-39(30-41(29-38)52(6,7)8)45-31-37(24-25-53-45)35-16-11-9-12-17-35;/h9-27,29-32,56H,1-8H3;/q-1;/i9D,11D,12D,16D,17D;. The molecule has 8 rings (SSSR count). The molecule has 2 heterocycles. The monoisotopic (exact) mass is 930 g/mol. The smallest absolute Gasteiger partial charge is 0.148 e. The van der Waals surface area contributed by atoms with Gasteiger partial charge < -0.3 is 5.11 Å². The zero-order chi connectivity index (χ0) is 43.7. The number of hydrogen-bond acceptors (Lipinski definition) is 3. The van der Waals surface area contributed by atoms with Gasteiger partial charge in [-0.1, -0.05) is 144 Å². The fourth-order valence-corrected chi connectivity index (χ4v) is 7.33. The van der Waals surface area contributed by atoms with Crippen molar-refractivity contribution in [3.05, 3.63) is 168 Å². The SMILES string of the molecule is [2H]c1c([2H])c([2H])c(-c2ccnc(-c3[c-]c(-c4cccc5c4nc(-c4cc(C)cc(C)c4O)n5-c4ccc(C(C)(C)C)cc4-c4ccccc4)cc(C(C)(C)C)c3)c2)c([2H])c1[2H].[Pt]. The molecule has 0 spiro atoms. The topological polar surface area (TPSA) is 50.9 Å². The summed E-state index contributed by atoms with van der Waals surface area (Å²) >= 11 is 0. The Morgan fingerprint density at radius 2 is 1.37 bits per heavy atom. The molecule has 0 amide bonds. The van der Waals surface area contributed by atoms with Crippen LogP contribution in [0.5, 0.6) is 5.75 Å². The zero-order valence-electron chi connectivity index (χ0n) is 38.5. The van der Waals surface area contributed by atoms with Gasteiger partial charge in [0.1, 0.15) is 11.6 Å². The van der Waals surface area contributed by atoms with E-state index < -0.39 is 6.04 Å². The summed E-state index contributed by atoms with van der Waals surface area (Å²) in [5.74, 6) is 0.776. The quantitative estimate of drug-likeness (QED) is 0.169. The second-order valence-electron chi connectivity index (χ2n) is 16.6. The van der Waals surface area contributed by atoms with Crippen LogP contribution in [0, 0.1) is 19.9 Å². The molecule has 0 aliphatic heterocycles. The maximum absolute atomic E-state index is 11.7. The van der Waals surface area contributed by atoms with E-state index >= 15 is 0 Å². The van der Waals surface area contributed by atoms with Crippen LogP contribution in [0.25, 0.3) is 72.7 Å². The molecule has 288 valence electrons. The Bertz CT molecular complexity index is 3010. The Hall–Kier alpha value is -5.57. The molecule has 5 heteroatoms. The van der Waals surface area contributed by atoms with E-state index in [0.717, 1.165) is 55.7 Å². The summed E-state index contributed by atoms with van der Waals surface area (Å²) < 4.78 is 44.1. The van der Waals surface area contributed by atoms with Gasteiger partial charge in [-0.15, -0.1) is 29.3 Å². The van der Waals surface area contributed by atoms with Gasteiger partial charge in [-0.2, -0.15) is 0 Å². The number of imidazole rings is 1. The van der Waals surface area contributed by atoms with E-state index in [1.165, 1.54) is 5.56 Å². The molecule has 0 bridgehead atoms. The van der Waals surface area contributed by atoms with E-state index in [0.29, 0.717) is 28.2 Å². The average Bonchev–Trinajstić information content (AvgIpc) is 3.62. The third-order valence-corrected chi connectivity index (χ3v) is 10.4. The van der Waals surface area contributed by atoms with Gasteiger partial charge in [0, 0.05) is 38.5 Å². The number of phenolic OH excluding ortho intramolecular Hbond substituents is 1. The van der Waals surface area contributed by atoms with Crippen LogP contribution in [-0.4, -0.2) is 19.6 Å². The van der Waals surface area contributed by atoms with Gasteiger partial charge in [-0.05, 0) is 88.4 Å². The number of rotatable bonds is 6. The molecular weight excluding hydrogens is 878 g/mol. The second-order valence-corrected chi connectivity index (χ2v) is 16.6. The normalized spacial score (nSPS) is 13.0. The maximum atomic E-state index is 11.7. The molecule has 0 atom stereocenters. The van der Waals surface area contributed by atoms with E-state index in [1.54, 1.807) is 18.3 Å². The largest absolute Gasteiger partial charge is 0.507 e. The molecule has 6 aromatic carbocycles. The third-order valence-electron chi connectivity index (χ3n) is 10.4. The van der Waals surface area contributed by atoms with Crippen LogP contribution in [-0.2, 0) is 31.9 Å². The Balaban J connectivity index is 0.00000578. The number of nitrogens with zero attached hydrogens (tertiary/aromatic N) is 3.